The molecule has 112 valence electrons. The van der Waals surface area contributed by atoms with E-state index >= 15 is 0 Å². The van der Waals surface area contributed by atoms with Crippen LogP contribution in [0, 0.1) is 0 Å². The van der Waals surface area contributed by atoms with Gasteiger partial charge in [0, 0.05) is 26.3 Å². The van der Waals surface area contributed by atoms with E-state index in [9.17, 15) is 4.79 Å². The molecule has 0 bridgehead atoms. The standard InChI is InChI=1S/C16H22N4O/c1-5-17-12(2)13-7-6-8-14(11-13)20-10-9-15(18-20)16(21)19(3)4/h6-12,17H,5H2,1-4H3. The van der Waals surface area contributed by atoms with Gasteiger partial charge in [0.1, 0.15) is 0 Å². The number of nitrogens with zero attached hydrogens (tertiary/aromatic N) is 3. The number of rotatable bonds is 5. The number of nitrogens with one attached hydrogen (secondary N) is 1. The molecule has 0 spiro atoms. The molecule has 0 fully saturated rings. The van der Waals surface area contributed by atoms with Crippen molar-refractivity contribution in [3.05, 3.63) is 47.8 Å². The summed E-state index contributed by atoms with van der Waals surface area (Å²) in [5.41, 5.74) is 2.60. The molecule has 1 aromatic heterocycles. The lowest BCUT2D eigenvalue weighted by molar-refractivity contribution is 0.0821. The van der Waals surface area contributed by atoms with Crippen LogP contribution in [0.1, 0.15) is 35.9 Å². The van der Waals surface area contributed by atoms with Crippen LogP contribution in [0.15, 0.2) is 36.5 Å². The van der Waals surface area contributed by atoms with Crippen molar-refractivity contribution in [2.24, 2.45) is 0 Å². The van der Waals surface area contributed by atoms with Crippen molar-refractivity contribution in [3.63, 3.8) is 0 Å². The molecule has 1 heterocycles. The summed E-state index contributed by atoms with van der Waals surface area (Å²) in [7, 11) is 3.44. The van der Waals surface area contributed by atoms with Gasteiger partial charge in [-0.3, -0.25) is 4.79 Å². The highest BCUT2D eigenvalue weighted by Crippen LogP contribution is 2.17. The van der Waals surface area contributed by atoms with Crippen molar-refractivity contribution in [3.8, 4) is 5.69 Å². The lowest BCUT2D eigenvalue weighted by atomic mass is 10.1. The molecule has 1 unspecified atom stereocenters. The fourth-order valence-corrected chi connectivity index (χ4v) is 2.17. The minimum Gasteiger partial charge on any atom is -0.343 e. The van der Waals surface area contributed by atoms with Crippen molar-refractivity contribution >= 4 is 5.91 Å². The monoisotopic (exact) mass is 286 g/mol. The predicted molar refractivity (Wildman–Crippen MR) is 83.7 cm³/mol. The van der Waals surface area contributed by atoms with Crippen molar-refractivity contribution in [2.75, 3.05) is 20.6 Å². The fourth-order valence-electron chi connectivity index (χ4n) is 2.17. The molecule has 5 nitrogen and oxygen atoms in total. The number of carbonyl (C=O) groups excluding carboxylic acids is 1. The molecule has 1 atom stereocenters. The third kappa shape index (κ3) is 3.49. The van der Waals surface area contributed by atoms with E-state index in [2.05, 4.69) is 36.4 Å². The lowest BCUT2D eigenvalue weighted by Crippen LogP contribution is -2.22. The van der Waals surface area contributed by atoms with E-state index in [4.69, 9.17) is 0 Å². The maximum absolute atomic E-state index is 11.9. The molecule has 1 aromatic carbocycles. The van der Waals surface area contributed by atoms with E-state index in [-0.39, 0.29) is 11.9 Å². The Labute approximate surface area is 125 Å². The maximum atomic E-state index is 11.9. The summed E-state index contributed by atoms with van der Waals surface area (Å²) >= 11 is 0. The summed E-state index contributed by atoms with van der Waals surface area (Å²) < 4.78 is 1.74. The molecular weight excluding hydrogens is 264 g/mol. The minimum absolute atomic E-state index is 0.0917. The van der Waals surface area contributed by atoms with Gasteiger partial charge in [-0.25, -0.2) is 4.68 Å². The molecule has 1 amide bonds. The molecule has 0 aliphatic rings. The van der Waals surface area contributed by atoms with Crippen LogP contribution in [-0.4, -0.2) is 41.2 Å². The Bertz CT molecular complexity index is 618. The summed E-state index contributed by atoms with van der Waals surface area (Å²) in [4.78, 5) is 13.4. The van der Waals surface area contributed by atoms with Crippen molar-refractivity contribution < 1.29 is 4.79 Å². The largest absolute Gasteiger partial charge is 0.343 e. The van der Waals surface area contributed by atoms with Crippen LogP contribution in [0.4, 0.5) is 0 Å². The highest BCUT2D eigenvalue weighted by atomic mass is 16.2. The van der Waals surface area contributed by atoms with Gasteiger partial charge >= 0.3 is 0 Å². The molecule has 0 aliphatic heterocycles. The fraction of sp³-hybridized carbons (Fsp3) is 0.375. The molecule has 0 aliphatic carbocycles. The van der Waals surface area contributed by atoms with Gasteiger partial charge < -0.3 is 10.2 Å². The Morgan fingerprint density at radius 3 is 2.81 bits per heavy atom. The van der Waals surface area contributed by atoms with Gasteiger partial charge in [0.05, 0.1) is 5.69 Å². The topological polar surface area (TPSA) is 50.2 Å². The van der Waals surface area contributed by atoms with Crippen LogP contribution in [0.2, 0.25) is 0 Å². The second-order valence-corrected chi connectivity index (χ2v) is 5.22. The third-order valence-electron chi connectivity index (χ3n) is 3.36. The average molecular weight is 286 g/mol. The van der Waals surface area contributed by atoms with Gasteiger partial charge in [-0.2, -0.15) is 5.10 Å². The van der Waals surface area contributed by atoms with Crippen molar-refractivity contribution in [1.82, 2.24) is 20.0 Å². The van der Waals surface area contributed by atoms with E-state index in [1.54, 1.807) is 24.8 Å². The van der Waals surface area contributed by atoms with E-state index < -0.39 is 0 Å². The second kappa shape index (κ2) is 6.54. The van der Waals surface area contributed by atoms with Gasteiger partial charge in [-0.05, 0) is 37.2 Å². The molecule has 2 rings (SSSR count). The quantitative estimate of drug-likeness (QED) is 0.917. The summed E-state index contributed by atoms with van der Waals surface area (Å²) in [5, 5.41) is 7.74. The number of amides is 1. The van der Waals surface area contributed by atoms with Gasteiger partial charge in [0.2, 0.25) is 0 Å². The number of carbonyl (C=O) groups is 1. The Morgan fingerprint density at radius 1 is 1.38 bits per heavy atom. The smallest absolute Gasteiger partial charge is 0.273 e. The zero-order valence-electron chi connectivity index (χ0n) is 13.0. The van der Waals surface area contributed by atoms with E-state index in [0.29, 0.717) is 5.69 Å². The average Bonchev–Trinajstić information content (AvgIpc) is 2.96. The lowest BCUT2D eigenvalue weighted by Gasteiger charge is -2.14. The summed E-state index contributed by atoms with van der Waals surface area (Å²) in [6.45, 7) is 5.15. The molecule has 21 heavy (non-hydrogen) atoms. The Kier molecular flexibility index (Phi) is 4.75. The van der Waals surface area contributed by atoms with E-state index in [1.165, 1.54) is 10.5 Å². The SMILES string of the molecule is CCNC(C)c1cccc(-n2ccc(C(=O)N(C)C)n2)c1. The van der Waals surface area contributed by atoms with Gasteiger partial charge in [0.25, 0.3) is 5.91 Å². The van der Waals surface area contributed by atoms with Gasteiger partial charge in [-0.1, -0.05) is 19.1 Å². The number of hydrogen-bond acceptors (Lipinski definition) is 3. The van der Waals surface area contributed by atoms with Crippen LogP contribution >= 0.6 is 0 Å². The molecule has 0 radical (unpaired) electrons. The number of aromatic nitrogens is 2. The summed E-state index contributed by atoms with van der Waals surface area (Å²) in [6, 6.07) is 10.2. The summed E-state index contributed by atoms with van der Waals surface area (Å²) in [6.07, 6.45) is 1.81. The van der Waals surface area contributed by atoms with Crippen LogP contribution in [0.5, 0.6) is 0 Å². The molecule has 1 N–H and O–H groups in total. The van der Waals surface area contributed by atoms with Gasteiger partial charge in [-0.15, -0.1) is 0 Å². The van der Waals surface area contributed by atoms with E-state index in [0.717, 1.165) is 12.2 Å². The summed E-state index contributed by atoms with van der Waals surface area (Å²) in [5.74, 6) is -0.0917. The van der Waals surface area contributed by atoms with Crippen LogP contribution in [0.3, 0.4) is 0 Å². The van der Waals surface area contributed by atoms with E-state index in [1.807, 2.05) is 18.3 Å². The Morgan fingerprint density at radius 2 is 2.14 bits per heavy atom. The second-order valence-electron chi connectivity index (χ2n) is 5.22. The van der Waals surface area contributed by atoms with Crippen molar-refractivity contribution in [2.45, 2.75) is 19.9 Å². The minimum atomic E-state index is -0.0917. The van der Waals surface area contributed by atoms with Crippen molar-refractivity contribution in [1.29, 1.82) is 0 Å². The first-order chi connectivity index (χ1) is 10.0. The molecule has 0 saturated heterocycles. The molecule has 0 saturated carbocycles. The highest BCUT2D eigenvalue weighted by molar-refractivity contribution is 5.91. The molecule has 5 heteroatoms. The van der Waals surface area contributed by atoms with Crippen LogP contribution < -0.4 is 5.32 Å². The first kappa shape index (κ1) is 15.3. The first-order valence-corrected chi connectivity index (χ1v) is 7.14. The zero-order chi connectivity index (χ0) is 15.4. The molecule has 2 aromatic rings. The normalized spacial score (nSPS) is 12.2. The predicted octanol–water partition coefficient (Wildman–Crippen LogP) is 2.24. The number of hydrogen-bond donors (Lipinski definition) is 1. The van der Waals surface area contributed by atoms with Crippen LogP contribution in [0.25, 0.3) is 5.69 Å². The zero-order valence-corrected chi connectivity index (χ0v) is 13.0. The van der Waals surface area contributed by atoms with Gasteiger partial charge in [0.15, 0.2) is 5.69 Å². The Hall–Kier alpha value is -2.14. The Balaban J connectivity index is 2.26. The molecular formula is C16H22N4O. The van der Waals surface area contributed by atoms with Crippen LogP contribution in [-0.2, 0) is 0 Å². The third-order valence-corrected chi connectivity index (χ3v) is 3.36. The number of benzene rings is 1. The maximum Gasteiger partial charge on any atom is 0.273 e. The first-order valence-electron chi connectivity index (χ1n) is 7.14. The highest BCUT2D eigenvalue weighted by Gasteiger charge is 2.12.